The molecule has 0 saturated carbocycles. The smallest absolute Gasteiger partial charge is 0.244 e. The summed E-state index contributed by atoms with van der Waals surface area (Å²) in [5.74, 6) is -0.223. The number of carbonyl (C=O) groups is 1. The van der Waals surface area contributed by atoms with Gasteiger partial charge in [-0.1, -0.05) is 26.0 Å². The van der Waals surface area contributed by atoms with Crippen molar-refractivity contribution in [1.82, 2.24) is 9.62 Å². The summed E-state index contributed by atoms with van der Waals surface area (Å²) in [5.41, 5.74) is 0.753. The van der Waals surface area contributed by atoms with Crippen molar-refractivity contribution in [3.05, 3.63) is 35.9 Å². The molecule has 24 heavy (non-hydrogen) atoms. The molecule has 1 aromatic rings. The molecule has 7 heteroatoms. The Balaban J connectivity index is 2.78. The number of methoxy groups -OCH3 is 1. The summed E-state index contributed by atoms with van der Waals surface area (Å²) in [4.78, 5) is 12.0. The zero-order chi connectivity index (χ0) is 18.2. The fourth-order valence-corrected chi connectivity index (χ4v) is 3.68. The van der Waals surface area contributed by atoms with Crippen LogP contribution in [0.15, 0.2) is 35.2 Å². The molecule has 1 unspecified atom stereocenters. The molecule has 0 aliphatic rings. The Kier molecular flexibility index (Phi) is 8.10. The van der Waals surface area contributed by atoms with Gasteiger partial charge in [0.25, 0.3) is 0 Å². The minimum atomic E-state index is -3.46. The number of amides is 1. The SMILES string of the molecule is CCN(CC)S(=O)(=O)c1ccc(C=CC(=O)NC(C)COC)cc1. The van der Waals surface area contributed by atoms with E-state index in [0.29, 0.717) is 19.7 Å². The fraction of sp³-hybridized carbons (Fsp3) is 0.471. The van der Waals surface area contributed by atoms with Gasteiger partial charge in [-0.3, -0.25) is 4.79 Å². The third kappa shape index (κ3) is 5.74. The fourth-order valence-electron chi connectivity index (χ4n) is 2.22. The van der Waals surface area contributed by atoms with Gasteiger partial charge in [0.05, 0.1) is 11.5 Å². The van der Waals surface area contributed by atoms with Crippen LogP contribution in [0.2, 0.25) is 0 Å². The first-order valence-corrected chi connectivity index (χ1v) is 9.36. The molecule has 1 amide bonds. The molecule has 0 spiro atoms. The molecule has 0 aliphatic heterocycles. The van der Waals surface area contributed by atoms with Gasteiger partial charge in [0, 0.05) is 32.3 Å². The topological polar surface area (TPSA) is 75.7 Å². The predicted molar refractivity (Wildman–Crippen MR) is 95.1 cm³/mol. The Hall–Kier alpha value is -1.70. The maximum absolute atomic E-state index is 12.4. The largest absolute Gasteiger partial charge is 0.383 e. The van der Waals surface area contributed by atoms with E-state index in [1.54, 1.807) is 51.3 Å². The van der Waals surface area contributed by atoms with Gasteiger partial charge in [-0.15, -0.1) is 0 Å². The van der Waals surface area contributed by atoms with Crippen molar-refractivity contribution in [1.29, 1.82) is 0 Å². The van der Waals surface area contributed by atoms with Gasteiger partial charge in [0.15, 0.2) is 0 Å². The van der Waals surface area contributed by atoms with Crippen molar-refractivity contribution in [2.45, 2.75) is 31.7 Å². The predicted octanol–water partition coefficient (Wildman–Crippen LogP) is 1.88. The first kappa shape index (κ1) is 20.3. The summed E-state index contributed by atoms with van der Waals surface area (Å²) >= 11 is 0. The lowest BCUT2D eigenvalue weighted by Gasteiger charge is -2.18. The maximum Gasteiger partial charge on any atom is 0.244 e. The van der Waals surface area contributed by atoms with E-state index in [-0.39, 0.29) is 16.8 Å². The average molecular weight is 354 g/mol. The van der Waals surface area contributed by atoms with Gasteiger partial charge in [-0.05, 0) is 30.7 Å². The molecule has 1 atom stereocenters. The van der Waals surface area contributed by atoms with E-state index in [4.69, 9.17) is 4.74 Å². The molecular formula is C17H26N2O4S. The number of nitrogens with one attached hydrogen (secondary N) is 1. The molecule has 0 fully saturated rings. The van der Waals surface area contributed by atoms with E-state index in [2.05, 4.69) is 5.32 Å². The number of sulfonamides is 1. The Bertz CT molecular complexity index is 650. The molecule has 0 aliphatic carbocycles. The summed E-state index contributed by atoms with van der Waals surface area (Å²) in [7, 11) is -1.88. The molecule has 1 N–H and O–H groups in total. The van der Waals surface area contributed by atoms with Gasteiger partial charge in [-0.25, -0.2) is 8.42 Å². The van der Waals surface area contributed by atoms with Crippen LogP contribution >= 0.6 is 0 Å². The highest BCUT2D eigenvalue weighted by Crippen LogP contribution is 2.16. The molecule has 0 heterocycles. The Labute approximate surface area is 144 Å². The molecule has 0 saturated heterocycles. The van der Waals surface area contributed by atoms with E-state index < -0.39 is 10.0 Å². The van der Waals surface area contributed by atoms with E-state index in [0.717, 1.165) is 5.56 Å². The standard InChI is InChI=1S/C17H26N2O4S/c1-5-19(6-2)24(21,22)16-10-7-15(8-11-16)9-12-17(20)18-14(3)13-23-4/h7-12,14H,5-6,13H2,1-4H3,(H,18,20). The van der Waals surface area contributed by atoms with E-state index in [1.807, 2.05) is 6.92 Å². The minimum Gasteiger partial charge on any atom is -0.383 e. The van der Waals surface area contributed by atoms with Crippen LogP contribution in [-0.2, 0) is 19.6 Å². The van der Waals surface area contributed by atoms with Gasteiger partial charge in [0.1, 0.15) is 0 Å². The first-order valence-electron chi connectivity index (χ1n) is 7.92. The van der Waals surface area contributed by atoms with Crippen LogP contribution in [0.4, 0.5) is 0 Å². The molecular weight excluding hydrogens is 328 g/mol. The summed E-state index contributed by atoms with van der Waals surface area (Å²) in [6.45, 7) is 6.77. The van der Waals surface area contributed by atoms with E-state index in [1.165, 1.54) is 10.4 Å². The van der Waals surface area contributed by atoms with Crippen LogP contribution in [0.25, 0.3) is 6.08 Å². The number of ether oxygens (including phenoxy) is 1. The van der Waals surface area contributed by atoms with Crippen molar-refractivity contribution in [2.24, 2.45) is 0 Å². The number of benzene rings is 1. The monoisotopic (exact) mass is 354 g/mol. The normalized spacial score (nSPS) is 13.4. The Morgan fingerprint density at radius 3 is 2.33 bits per heavy atom. The van der Waals surface area contributed by atoms with Crippen molar-refractivity contribution in [3.63, 3.8) is 0 Å². The summed E-state index contributed by atoms with van der Waals surface area (Å²) in [6.07, 6.45) is 3.06. The lowest BCUT2D eigenvalue weighted by atomic mass is 10.2. The number of carbonyl (C=O) groups excluding carboxylic acids is 1. The van der Waals surface area contributed by atoms with Crippen LogP contribution in [-0.4, -0.2) is 51.5 Å². The van der Waals surface area contributed by atoms with Crippen molar-refractivity contribution < 1.29 is 17.9 Å². The molecule has 1 rings (SSSR count). The summed E-state index contributed by atoms with van der Waals surface area (Å²) in [5, 5.41) is 2.76. The van der Waals surface area contributed by atoms with Crippen molar-refractivity contribution in [3.8, 4) is 0 Å². The first-order chi connectivity index (χ1) is 11.3. The lowest BCUT2D eigenvalue weighted by Crippen LogP contribution is -2.34. The van der Waals surface area contributed by atoms with Crippen molar-refractivity contribution >= 4 is 22.0 Å². The minimum absolute atomic E-state index is 0.0752. The maximum atomic E-state index is 12.4. The molecule has 0 aromatic heterocycles. The highest BCUT2D eigenvalue weighted by Gasteiger charge is 2.20. The Morgan fingerprint density at radius 2 is 1.83 bits per heavy atom. The van der Waals surface area contributed by atoms with Crippen LogP contribution in [0.1, 0.15) is 26.3 Å². The van der Waals surface area contributed by atoms with Gasteiger partial charge >= 0.3 is 0 Å². The van der Waals surface area contributed by atoms with Crippen molar-refractivity contribution in [2.75, 3.05) is 26.8 Å². The highest BCUT2D eigenvalue weighted by atomic mass is 32.2. The van der Waals surface area contributed by atoms with Gasteiger partial charge in [-0.2, -0.15) is 4.31 Å². The zero-order valence-electron chi connectivity index (χ0n) is 14.7. The summed E-state index contributed by atoms with van der Waals surface area (Å²) in [6, 6.07) is 6.39. The molecule has 134 valence electrons. The van der Waals surface area contributed by atoms with E-state index >= 15 is 0 Å². The summed E-state index contributed by atoms with van der Waals surface area (Å²) < 4.78 is 31.1. The third-order valence-electron chi connectivity index (χ3n) is 3.46. The Morgan fingerprint density at radius 1 is 1.25 bits per heavy atom. The quantitative estimate of drug-likeness (QED) is 0.687. The van der Waals surface area contributed by atoms with Gasteiger partial charge in [0.2, 0.25) is 15.9 Å². The molecule has 6 nitrogen and oxygen atoms in total. The average Bonchev–Trinajstić information content (AvgIpc) is 2.54. The lowest BCUT2D eigenvalue weighted by molar-refractivity contribution is -0.117. The van der Waals surface area contributed by atoms with Crippen LogP contribution in [0, 0.1) is 0 Å². The molecule has 0 bridgehead atoms. The second-order valence-electron chi connectivity index (χ2n) is 5.36. The number of rotatable bonds is 9. The second kappa shape index (κ2) is 9.56. The zero-order valence-corrected chi connectivity index (χ0v) is 15.5. The van der Waals surface area contributed by atoms with Crippen LogP contribution < -0.4 is 5.32 Å². The number of nitrogens with zero attached hydrogens (tertiary/aromatic N) is 1. The molecule has 1 aromatic carbocycles. The van der Waals surface area contributed by atoms with Crippen LogP contribution in [0.5, 0.6) is 0 Å². The second-order valence-corrected chi connectivity index (χ2v) is 7.29. The highest BCUT2D eigenvalue weighted by molar-refractivity contribution is 7.89. The van der Waals surface area contributed by atoms with E-state index in [9.17, 15) is 13.2 Å². The molecule has 0 radical (unpaired) electrons. The number of hydrogen-bond acceptors (Lipinski definition) is 4. The number of hydrogen-bond donors (Lipinski definition) is 1. The third-order valence-corrected chi connectivity index (χ3v) is 5.52. The van der Waals surface area contributed by atoms with Crippen LogP contribution in [0.3, 0.4) is 0 Å². The van der Waals surface area contributed by atoms with Gasteiger partial charge < -0.3 is 10.1 Å².